The number of nitrogens with zero attached hydrogens (tertiary/aromatic N) is 1. The number of aromatic nitrogens is 1. The number of carbonyl (C=O) groups is 1. The molecule has 158 valence electrons. The van der Waals surface area contributed by atoms with Crippen molar-refractivity contribution in [2.24, 2.45) is 0 Å². The van der Waals surface area contributed by atoms with E-state index in [1.807, 2.05) is 17.5 Å². The molecule has 0 fully saturated rings. The lowest BCUT2D eigenvalue weighted by atomic mass is 10.3. The molecule has 2 heterocycles. The number of rotatable bonds is 6. The van der Waals surface area contributed by atoms with E-state index in [9.17, 15) is 22.0 Å². The summed E-state index contributed by atoms with van der Waals surface area (Å²) in [6.45, 7) is 0. The first-order valence-corrected chi connectivity index (χ1v) is 11.9. The van der Waals surface area contributed by atoms with Gasteiger partial charge in [-0.2, -0.15) is 0 Å². The summed E-state index contributed by atoms with van der Waals surface area (Å²) in [5, 5.41) is 5.40. The van der Waals surface area contributed by atoms with Crippen molar-refractivity contribution in [1.29, 1.82) is 0 Å². The summed E-state index contributed by atoms with van der Waals surface area (Å²) in [4.78, 5) is 17.7. The Balaban J connectivity index is 1.43. The molecular formula is C20H13F2N3O3S3. The largest absolute Gasteiger partial charge is 0.321 e. The van der Waals surface area contributed by atoms with Crippen molar-refractivity contribution in [3.8, 4) is 9.88 Å². The van der Waals surface area contributed by atoms with Gasteiger partial charge in [0.15, 0.2) is 11.6 Å². The molecule has 0 bridgehead atoms. The van der Waals surface area contributed by atoms with Gasteiger partial charge in [0.05, 0.1) is 16.0 Å². The Bertz CT molecular complexity index is 1340. The van der Waals surface area contributed by atoms with E-state index < -0.39 is 26.6 Å². The van der Waals surface area contributed by atoms with Gasteiger partial charge in [-0.25, -0.2) is 22.2 Å². The normalized spacial score (nSPS) is 11.3. The van der Waals surface area contributed by atoms with Crippen molar-refractivity contribution < 1.29 is 22.0 Å². The first-order valence-electron chi connectivity index (χ1n) is 8.71. The maximum Gasteiger partial charge on any atom is 0.267 e. The van der Waals surface area contributed by atoms with Crippen LogP contribution in [0.25, 0.3) is 9.88 Å². The molecule has 2 aromatic heterocycles. The van der Waals surface area contributed by atoms with E-state index in [2.05, 4.69) is 15.0 Å². The summed E-state index contributed by atoms with van der Waals surface area (Å²) in [5.74, 6) is -2.73. The molecule has 0 aliphatic heterocycles. The maximum absolute atomic E-state index is 13.3. The first-order chi connectivity index (χ1) is 14.8. The minimum absolute atomic E-state index is 0.195. The van der Waals surface area contributed by atoms with Crippen molar-refractivity contribution in [2.45, 2.75) is 4.90 Å². The van der Waals surface area contributed by atoms with Crippen LogP contribution in [0.4, 0.5) is 20.2 Å². The molecule has 0 aliphatic carbocycles. The molecule has 1 amide bonds. The molecular weight excluding hydrogens is 464 g/mol. The Morgan fingerprint density at radius 3 is 2.39 bits per heavy atom. The number of carbonyl (C=O) groups excluding carboxylic acids is 1. The molecule has 2 aromatic carbocycles. The Labute approximate surface area is 184 Å². The number of hydrogen-bond donors (Lipinski definition) is 2. The molecule has 4 aromatic rings. The van der Waals surface area contributed by atoms with E-state index in [4.69, 9.17) is 0 Å². The second-order valence-corrected chi connectivity index (χ2v) is 9.88. The maximum atomic E-state index is 13.3. The molecule has 0 spiro atoms. The number of benzene rings is 2. The van der Waals surface area contributed by atoms with Crippen molar-refractivity contribution in [2.75, 3.05) is 10.0 Å². The Kier molecular flexibility index (Phi) is 5.81. The van der Waals surface area contributed by atoms with E-state index in [1.54, 1.807) is 0 Å². The van der Waals surface area contributed by atoms with E-state index in [-0.39, 0.29) is 11.6 Å². The Morgan fingerprint density at radius 1 is 0.968 bits per heavy atom. The van der Waals surface area contributed by atoms with Gasteiger partial charge in [0.1, 0.15) is 9.88 Å². The average Bonchev–Trinajstić information content (AvgIpc) is 3.43. The SMILES string of the molecule is O=C(Nc1ccc(NS(=O)(=O)c2ccc(F)c(F)c2)cc1)c1cnc(-c2cccs2)s1. The third-order valence-corrected chi connectivity index (χ3v) is 7.47. The highest BCUT2D eigenvalue weighted by Crippen LogP contribution is 2.29. The topological polar surface area (TPSA) is 88.2 Å². The number of amides is 1. The number of halogens is 2. The van der Waals surface area contributed by atoms with Crippen LogP contribution in [0.2, 0.25) is 0 Å². The van der Waals surface area contributed by atoms with Gasteiger partial charge in [-0.1, -0.05) is 6.07 Å². The van der Waals surface area contributed by atoms with Crippen LogP contribution in [0, 0.1) is 11.6 Å². The molecule has 6 nitrogen and oxygen atoms in total. The van der Waals surface area contributed by atoms with Gasteiger partial charge in [-0.3, -0.25) is 9.52 Å². The Hall–Kier alpha value is -3.15. The number of sulfonamides is 1. The summed E-state index contributed by atoms with van der Waals surface area (Å²) >= 11 is 2.80. The lowest BCUT2D eigenvalue weighted by Gasteiger charge is -2.09. The second-order valence-electron chi connectivity index (χ2n) is 6.22. The zero-order valence-corrected chi connectivity index (χ0v) is 18.0. The highest BCUT2D eigenvalue weighted by atomic mass is 32.2. The minimum Gasteiger partial charge on any atom is -0.321 e. The molecule has 0 radical (unpaired) electrons. The zero-order chi connectivity index (χ0) is 22.0. The number of thiophene rings is 1. The van der Waals surface area contributed by atoms with Gasteiger partial charge >= 0.3 is 0 Å². The fourth-order valence-corrected chi connectivity index (χ4v) is 5.25. The van der Waals surface area contributed by atoms with E-state index >= 15 is 0 Å². The van der Waals surface area contributed by atoms with Crippen molar-refractivity contribution >= 4 is 50.0 Å². The number of hydrogen-bond acceptors (Lipinski definition) is 6. The zero-order valence-electron chi connectivity index (χ0n) is 15.5. The van der Waals surface area contributed by atoms with Crippen molar-refractivity contribution in [3.05, 3.63) is 82.7 Å². The Morgan fingerprint density at radius 2 is 1.71 bits per heavy atom. The van der Waals surface area contributed by atoms with Crippen LogP contribution in [0.3, 0.4) is 0 Å². The van der Waals surface area contributed by atoms with Crippen LogP contribution < -0.4 is 10.0 Å². The van der Waals surface area contributed by atoms with Crippen LogP contribution in [0.15, 0.2) is 71.1 Å². The first kappa shape index (κ1) is 21.1. The van der Waals surface area contributed by atoms with Crippen molar-refractivity contribution in [1.82, 2.24) is 4.98 Å². The standard InChI is InChI=1S/C20H13F2N3O3S3/c21-15-8-7-14(10-16(15)22)31(27,28)25-13-5-3-12(4-6-13)24-19(26)18-11-23-20(30-18)17-2-1-9-29-17/h1-11,25H,(H,24,26). The molecule has 0 saturated carbocycles. The third kappa shape index (κ3) is 4.79. The summed E-state index contributed by atoms with van der Waals surface area (Å²) in [5.41, 5.74) is 0.646. The summed E-state index contributed by atoms with van der Waals surface area (Å²) < 4.78 is 53.3. The lowest BCUT2D eigenvalue weighted by Crippen LogP contribution is -2.14. The van der Waals surface area contributed by atoms with E-state index in [0.29, 0.717) is 16.6 Å². The second kappa shape index (κ2) is 8.53. The molecule has 0 aliphatic rings. The van der Waals surface area contributed by atoms with Crippen molar-refractivity contribution in [3.63, 3.8) is 0 Å². The smallest absolute Gasteiger partial charge is 0.267 e. The van der Waals surface area contributed by atoms with Crippen LogP contribution in [-0.2, 0) is 10.0 Å². The quantitative estimate of drug-likeness (QED) is 0.399. The van der Waals surface area contributed by atoms with Crippen LogP contribution in [0.5, 0.6) is 0 Å². The lowest BCUT2D eigenvalue weighted by molar-refractivity contribution is 0.103. The minimum atomic E-state index is -4.10. The van der Waals surface area contributed by atoms with Gasteiger partial charge in [0.2, 0.25) is 0 Å². The monoisotopic (exact) mass is 477 g/mol. The van der Waals surface area contributed by atoms with Gasteiger partial charge in [-0.15, -0.1) is 22.7 Å². The molecule has 4 rings (SSSR count). The van der Waals surface area contributed by atoms with E-state index in [1.165, 1.54) is 53.1 Å². The predicted molar refractivity (Wildman–Crippen MR) is 117 cm³/mol. The van der Waals surface area contributed by atoms with E-state index in [0.717, 1.165) is 22.0 Å². The fraction of sp³-hybridized carbons (Fsp3) is 0. The number of anilines is 2. The highest BCUT2D eigenvalue weighted by molar-refractivity contribution is 7.92. The highest BCUT2D eigenvalue weighted by Gasteiger charge is 2.17. The number of nitrogens with one attached hydrogen (secondary N) is 2. The third-order valence-electron chi connectivity index (χ3n) is 4.06. The molecule has 11 heteroatoms. The summed E-state index contributed by atoms with van der Waals surface area (Å²) in [6, 6.07) is 12.1. The van der Waals surface area contributed by atoms with Crippen LogP contribution in [-0.4, -0.2) is 19.3 Å². The molecule has 2 N–H and O–H groups in total. The van der Waals surface area contributed by atoms with Crippen LogP contribution >= 0.6 is 22.7 Å². The van der Waals surface area contributed by atoms with Gasteiger partial charge in [0, 0.05) is 11.4 Å². The molecule has 0 atom stereocenters. The van der Waals surface area contributed by atoms with Crippen LogP contribution in [0.1, 0.15) is 9.67 Å². The fourth-order valence-electron chi connectivity index (χ4n) is 2.57. The summed E-state index contributed by atoms with van der Waals surface area (Å²) in [7, 11) is -4.10. The van der Waals surface area contributed by atoms with Gasteiger partial charge in [0.25, 0.3) is 15.9 Å². The predicted octanol–water partition coefficient (Wildman–Crippen LogP) is 5.20. The summed E-state index contributed by atoms with van der Waals surface area (Å²) in [6.07, 6.45) is 1.50. The molecule has 0 saturated heterocycles. The average molecular weight is 478 g/mol. The van der Waals surface area contributed by atoms with Gasteiger partial charge < -0.3 is 5.32 Å². The number of thiazole rings is 1. The molecule has 0 unspecified atom stereocenters. The molecule has 31 heavy (non-hydrogen) atoms. The van der Waals surface area contributed by atoms with Gasteiger partial charge in [-0.05, 0) is 53.9 Å².